The van der Waals surface area contributed by atoms with Crippen molar-refractivity contribution < 1.29 is 4.79 Å². The molecule has 2 aromatic heterocycles. The van der Waals surface area contributed by atoms with Gasteiger partial charge in [-0.3, -0.25) is 4.40 Å². The molecule has 0 unspecified atom stereocenters. The van der Waals surface area contributed by atoms with Crippen LogP contribution in [0.2, 0.25) is 0 Å². The minimum atomic E-state index is -0.231. The molecule has 0 spiro atoms. The summed E-state index contributed by atoms with van der Waals surface area (Å²) < 4.78 is 1.90. The lowest BCUT2D eigenvalue weighted by atomic mass is 10.0. The van der Waals surface area contributed by atoms with Gasteiger partial charge in [0, 0.05) is 12.7 Å². The topological polar surface area (TPSA) is 71.3 Å². The van der Waals surface area contributed by atoms with Gasteiger partial charge in [-0.1, -0.05) is 62.4 Å². The van der Waals surface area contributed by atoms with Crippen LogP contribution in [0.25, 0.3) is 11.7 Å². The van der Waals surface area contributed by atoms with Gasteiger partial charge in [0.25, 0.3) is 0 Å². The molecular weight excluding hydrogens is 326 g/mol. The van der Waals surface area contributed by atoms with Crippen molar-refractivity contribution in [3.63, 3.8) is 0 Å². The molecular formula is C20H23N5O. The van der Waals surface area contributed by atoms with Gasteiger partial charge in [-0.2, -0.15) is 0 Å². The highest BCUT2D eigenvalue weighted by Crippen LogP contribution is 2.20. The number of rotatable bonds is 6. The van der Waals surface area contributed by atoms with Gasteiger partial charge in [-0.05, 0) is 23.6 Å². The highest BCUT2D eigenvalue weighted by molar-refractivity contribution is 5.74. The van der Waals surface area contributed by atoms with Crippen molar-refractivity contribution in [2.24, 2.45) is 5.92 Å². The van der Waals surface area contributed by atoms with E-state index in [0.29, 0.717) is 6.54 Å². The fourth-order valence-corrected chi connectivity index (χ4v) is 2.70. The molecule has 26 heavy (non-hydrogen) atoms. The van der Waals surface area contributed by atoms with Crippen LogP contribution in [-0.2, 0) is 0 Å². The van der Waals surface area contributed by atoms with E-state index in [1.807, 2.05) is 85.1 Å². The lowest BCUT2D eigenvalue weighted by Crippen LogP contribution is -2.40. The van der Waals surface area contributed by atoms with E-state index < -0.39 is 0 Å². The normalized spacial score (nSPS) is 12.6. The summed E-state index contributed by atoms with van der Waals surface area (Å²) in [6, 6.07) is 15.2. The second-order valence-electron chi connectivity index (χ2n) is 6.38. The number of nitrogens with zero attached hydrogens (tertiary/aromatic N) is 3. The number of hydrogen-bond donors (Lipinski definition) is 2. The minimum Gasteiger partial charge on any atom is -0.335 e. The van der Waals surface area contributed by atoms with Gasteiger partial charge in [0.15, 0.2) is 11.5 Å². The molecule has 2 amide bonds. The third kappa shape index (κ3) is 4.27. The largest absolute Gasteiger partial charge is 0.335 e. The van der Waals surface area contributed by atoms with E-state index >= 15 is 0 Å². The Morgan fingerprint density at radius 3 is 2.65 bits per heavy atom. The van der Waals surface area contributed by atoms with E-state index in [4.69, 9.17) is 0 Å². The fourth-order valence-electron chi connectivity index (χ4n) is 2.70. The first-order valence-corrected chi connectivity index (χ1v) is 8.71. The maximum Gasteiger partial charge on any atom is 0.315 e. The molecule has 0 radical (unpaired) electrons. The van der Waals surface area contributed by atoms with E-state index in [9.17, 15) is 4.79 Å². The number of carbonyl (C=O) groups is 1. The second kappa shape index (κ2) is 8.29. The fraction of sp³-hybridized carbons (Fsp3) is 0.250. The Bertz CT molecular complexity index is 885. The standard InChI is InChI=1S/C20H23N5O/c1-15(2)18(19-24-23-17-12-6-7-14-25(17)19)22-20(26)21-13-8-11-16-9-4-3-5-10-16/h3-12,14-15,18H,13H2,1-2H3,(H2,21,22,26)/b11-8+/t18-/m1/s1. The van der Waals surface area contributed by atoms with Gasteiger partial charge < -0.3 is 10.6 Å². The zero-order valence-corrected chi connectivity index (χ0v) is 15.0. The minimum absolute atomic E-state index is 0.174. The highest BCUT2D eigenvalue weighted by Gasteiger charge is 2.23. The van der Waals surface area contributed by atoms with Crippen LogP contribution in [0.3, 0.4) is 0 Å². The van der Waals surface area contributed by atoms with Crippen LogP contribution in [0.5, 0.6) is 0 Å². The molecule has 134 valence electrons. The second-order valence-corrected chi connectivity index (χ2v) is 6.38. The maximum absolute atomic E-state index is 12.3. The van der Waals surface area contributed by atoms with Gasteiger partial charge in [-0.25, -0.2) is 4.79 Å². The van der Waals surface area contributed by atoms with Gasteiger partial charge in [0.1, 0.15) is 0 Å². The summed E-state index contributed by atoms with van der Waals surface area (Å²) in [5.74, 6) is 0.902. The summed E-state index contributed by atoms with van der Waals surface area (Å²) in [7, 11) is 0. The Morgan fingerprint density at radius 2 is 1.88 bits per heavy atom. The van der Waals surface area contributed by atoms with Gasteiger partial charge in [-0.15, -0.1) is 10.2 Å². The number of benzene rings is 1. The van der Waals surface area contributed by atoms with Gasteiger partial charge >= 0.3 is 6.03 Å². The molecule has 3 aromatic rings. The predicted molar refractivity (Wildman–Crippen MR) is 103 cm³/mol. The molecule has 6 heteroatoms. The van der Waals surface area contributed by atoms with Gasteiger partial charge in [0.2, 0.25) is 0 Å². The molecule has 1 aromatic carbocycles. The van der Waals surface area contributed by atoms with E-state index in [2.05, 4.69) is 20.8 Å². The van der Waals surface area contributed by atoms with Crippen LogP contribution in [0.4, 0.5) is 4.79 Å². The van der Waals surface area contributed by atoms with Crippen molar-refractivity contribution in [2.45, 2.75) is 19.9 Å². The third-order valence-corrected chi connectivity index (χ3v) is 4.06. The summed E-state index contributed by atoms with van der Waals surface area (Å²) in [4.78, 5) is 12.3. The zero-order valence-electron chi connectivity index (χ0n) is 15.0. The smallest absolute Gasteiger partial charge is 0.315 e. The number of fused-ring (bicyclic) bond motifs is 1. The van der Waals surface area contributed by atoms with E-state index in [-0.39, 0.29) is 18.0 Å². The Kier molecular flexibility index (Phi) is 5.63. The zero-order chi connectivity index (χ0) is 18.4. The van der Waals surface area contributed by atoms with Gasteiger partial charge in [0.05, 0.1) is 6.04 Å². The molecule has 0 bridgehead atoms. The monoisotopic (exact) mass is 349 g/mol. The van der Waals surface area contributed by atoms with Crippen molar-refractivity contribution in [1.82, 2.24) is 25.2 Å². The lowest BCUT2D eigenvalue weighted by molar-refractivity contribution is 0.233. The number of nitrogens with one attached hydrogen (secondary N) is 2. The average molecular weight is 349 g/mol. The Labute approximate surface area is 153 Å². The van der Waals surface area contributed by atoms with Crippen molar-refractivity contribution in [3.05, 3.63) is 72.2 Å². The first kappa shape index (κ1) is 17.7. The molecule has 0 saturated heterocycles. The summed E-state index contributed by atoms with van der Waals surface area (Å²) in [5.41, 5.74) is 1.87. The molecule has 1 atom stereocenters. The molecule has 2 heterocycles. The number of hydrogen-bond acceptors (Lipinski definition) is 3. The molecule has 0 aliphatic rings. The molecule has 6 nitrogen and oxygen atoms in total. The highest BCUT2D eigenvalue weighted by atomic mass is 16.2. The van der Waals surface area contributed by atoms with Crippen molar-refractivity contribution in [3.8, 4) is 0 Å². The SMILES string of the molecule is CC(C)[C@@H](NC(=O)NC/C=C/c1ccccc1)c1nnc2ccccn12. The van der Waals surface area contributed by atoms with Crippen LogP contribution in [-0.4, -0.2) is 27.2 Å². The summed E-state index contributed by atoms with van der Waals surface area (Å²) >= 11 is 0. The van der Waals surface area contributed by atoms with Crippen molar-refractivity contribution in [2.75, 3.05) is 6.54 Å². The van der Waals surface area contributed by atoms with Crippen LogP contribution in [0.15, 0.2) is 60.8 Å². The predicted octanol–water partition coefficient (Wildman–Crippen LogP) is 3.44. The Morgan fingerprint density at radius 1 is 1.12 bits per heavy atom. The van der Waals surface area contributed by atoms with Crippen LogP contribution in [0.1, 0.15) is 31.3 Å². The van der Waals surface area contributed by atoms with Crippen LogP contribution < -0.4 is 10.6 Å². The van der Waals surface area contributed by atoms with Crippen LogP contribution >= 0.6 is 0 Å². The Balaban J connectivity index is 1.61. The lowest BCUT2D eigenvalue weighted by Gasteiger charge is -2.21. The summed E-state index contributed by atoms with van der Waals surface area (Å²) in [6.07, 6.45) is 5.81. The summed E-state index contributed by atoms with van der Waals surface area (Å²) in [6.45, 7) is 4.54. The molecule has 0 aliphatic carbocycles. The van der Waals surface area contributed by atoms with Crippen LogP contribution in [0, 0.1) is 5.92 Å². The first-order chi connectivity index (χ1) is 12.6. The molecule has 0 fully saturated rings. The molecule has 0 saturated carbocycles. The number of carbonyl (C=O) groups excluding carboxylic acids is 1. The van der Waals surface area contributed by atoms with E-state index in [0.717, 1.165) is 17.0 Å². The maximum atomic E-state index is 12.3. The molecule has 0 aliphatic heterocycles. The number of pyridine rings is 1. The summed E-state index contributed by atoms with van der Waals surface area (Å²) in [5, 5.41) is 14.3. The Hall–Kier alpha value is -3.15. The number of amides is 2. The van der Waals surface area contributed by atoms with Crippen molar-refractivity contribution in [1.29, 1.82) is 0 Å². The average Bonchev–Trinajstić information content (AvgIpc) is 3.08. The van der Waals surface area contributed by atoms with E-state index in [1.54, 1.807) is 0 Å². The van der Waals surface area contributed by atoms with Crippen molar-refractivity contribution >= 4 is 17.8 Å². The number of urea groups is 1. The molecule has 3 rings (SSSR count). The molecule has 2 N–H and O–H groups in total. The number of aromatic nitrogens is 3. The first-order valence-electron chi connectivity index (χ1n) is 8.71. The third-order valence-electron chi connectivity index (χ3n) is 4.06. The quantitative estimate of drug-likeness (QED) is 0.716. The van der Waals surface area contributed by atoms with E-state index in [1.165, 1.54) is 0 Å².